The van der Waals surface area contributed by atoms with E-state index >= 15 is 0 Å². The lowest BCUT2D eigenvalue weighted by molar-refractivity contribution is -0.389. The van der Waals surface area contributed by atoms with E-state index in [0.29, 0.717) is 12.4 Å². The molecule has 0 fully saturated rings. The minimum Gasteiger partial charge on any atom is -0.358 e. The van der Waals surface area contributed by atoms with E-state index in [2.05, 4.69) is 15.5 Å². The maximum atomic E-state index is 10.6. The zero-order valence-electron chi connectivity index (χ0n) is 9.08. The largest absolute Gasteiger partial charge is 0.408 e. The first-order valence-electron chi connectivity index (χ1n) is 4.89. The van der Waals surface area contributed by atoms with Gasteiger partial charge in [0.15, 0.2) is 5.02 Å². The zero-order valence-corrected chi connectivity index (χ0v) is 9.83. The topological polar surface area (TPSA) is 112 Å². The van der Waals surface area contributed by atoms with Crippen molar-refractivity contribution in [1.82, 2.24) is 14.8 Å². The van der Waals surface area contributed by atoms with E-state index in [1.54, 1.807) is 18.3 Å². The molecule has 2 aromatic heterocycles. The Hall–Kier alpha value is -2.19. The summed E-state index contributed by atoms with van der Waals surface area (Å²) < 4.78 is 1.38. The van der Waals surface area contributed by atoms with Crippen molar-refractivity contribution in [3.8, 4) is 0 Å². The number of hydrogen-bond acceptors (Lipinski definition) is 6. The van der Waals surface area contributed by atoms with E-state index in [4.69, 9.17) is 17.4 Å². The third-order valence-electron chi connectivity index (χ3n) is 2.19. The van der Waals surface area contributed by atoms with Crippen LogP contribution in [-0.4, -0.2) is 19.7 Å². The van der Waals surface area contributed by atoms with Crippen LogP contribution in [0.3, 0.4) is 0 Å². The molecule has 0 atom stereocenters. The molecular formula is C9H9ClN6O2. The lowest BCUT2D eigenvalue weighted by Gasteiger charge is -2.00. The van der Waals surface area contributed by atoms with Gasteiger partial charge in [-0.15, -0.1) is 0 Å². The highest BCUT2D eigenvalue weighted by atomic mass is 35.5. The molecule has 0 radical (unpaired) electrons. The van der Waals surface area contributed by atoms with Gasteiger partial charge in [0.25, 0.3) is 0 Å². The smallest absolute Gasteiger partial charge is 0.358 e. The molecule has 0 unspecified atom stereocenters. The summed E-state index contributed by atoms with van der Waals surface area (Å²) in [5, 5.41) is 14.4. The Morgan fingerprint density at radius 2 is 2.33 bits per heavy atom. The van der Waals surface area contributed by atoms with Gasteiger partial charge in [0, 0.05) is 6.20 Å². The predicted octanol–water partition coefficient (Wildman–Crippen LogP) is 1.17. The number of nitrogens with zero attached hydrogens (tertiary/aromatic N) is 4. The minimum atomic E-state index is -0.626. The molecule has 0 saturated heterocycles. The van der Waals surface area contributed by atoms with Gasteiger partial charge in [-0.05, 0) is 16.6 Å². The van der Waals surface area contributed by atoms with Crippen molar-refractivity contribution in [2.24, 2.45) is 5.84 Å². The molecule has 0 spiro atoms. The molecule has 3 N–H and O–H groups in total. The first kappa shape index (κ1) is 12.3. The Labute approximate surface area is 106 Å². The average Bonchev–Trinajstić information content (AvgIpc) is 2.71. The Morgan fingerprint density at radius 3 is 2.83 bits per heavy atom. The molecule has 0 aliphatic heterocycles. The van der Waals surface area contributed by atoms with Crippen LogP contribution in [0.25, 0.3) is 0 Å². The predicted molar refractivity (Wildman–Crippen MR) is 65.0 cm³/mol. The molecule has 2 heterocycles. The van der Waals surface area contributed by atoms with Crippen LogP contribution < -0.4 is 11.3 Å². The van der Waals surface area contributed by atoms with E-state index in [9.17, 15) is 10.1 Å². The number of hydrogen-bond donors (Lipinski definition) is 2. The van der Waals surface area contributed by atoms with Gasteiger partial charge in [-0.2, -0.15) is 4.68 Å². The summed E-state index contributed by atoms with van der Waals surface area (Å²) in [6, 6.07) is 3.47. The second kappa shape index (κ2) is 4.98. The van der Waals surface area contributed by atoms with Crippen LogP contribution in [0.5, 0.6) is 0 Å². The third-order valence-corrected chi connectivity index (χ3v) is 2.46. The van der Waals surface area contributed by atoms with Crippen LogP contribution in [0.15, 0.2) is 24.5 Å². The van der Waals surface area contributed by atoms with Gasteiger partial charge in [0.05, 0.1) is 17.8 Å². The normalized spacial score (nSPS) is 10.3. The summed E-state index contributed by atoms with van der Waals surface area (Å²) in [6.07, 6.45) is 2.99. The van der Waals surface area contributed by atoms with Crippen LogP contribution in [0.2, 0.25) is 5.02 Å². The lowest BCUT2D eigenvalue weighted by atomic mass is 10.3. The van der Waals surface area contributed by atoms with Crippen LogP contribution in [0.4, 0.5) is 11.6 Å². The number of nitrogens with one attached hydrogen (secondary N) is 1. The Morgan fingerprint density at radius 1 is 1.56 bits per heavy atom. The molecule has 0 bridgehead atoms. The lowest BCUT2D eigenvalue weighted by Crippen LogP contribution is -2.08. The van der Waals surface area contributed by atoms with E-state index in [-0.39, 0.29) is 10.8 Å². The average molecular weight is 269 g/mol. The van der Waals surface area contributed by atoms with Gasteiger partial charge in [-0.25, -0.2) is 10.8 Å². The summed E-state index contributed by atoms with van der Waals surface area (Å²) >= 11 is 5.69. The fraction of sp³-hybridized carbons (Fsp3) is 0.111. The Kier molecular flexibility index (Phi) is 3.40. The van der Waals surface area contributed by atoms with Gasteiger partial charge in [-0.1, -0.05) is 17.7 Å². The maximum Gasteiger partial charge on any atom is 0.408 e. The van der Waals surface area contributed by atoms with Gasteiger partial charge in [-0.3, -0.25) is 0 Å². The van der Waals surface area contributed by atoms with Crippen molar-refractivity contribution in [1.29, 1.82) is 0 Å². The molecular weight excluding hydrogens is 260 g/mol. The van der Waals surface area contributed by atoms with Crippen molar-refractivity contribution in [2.45, 2.75) is 6.54 Å². The Balaban J connectivity index is 2.18. The third kappa shape index (κ3) is 2.55. The van der Waals surface area contributed by atoms with Gasteiger partial charge in [0.2, 0.25) is 0 Å². The highest BCUT2D eigenvalue weighted by Gasteiger charge is 2.18. The molecule has 0 aromatic carbocycles. The molecule has 0 aliphatic rings. The molecule has 94 valence electrons. The van der Waals surface area contributed by atoms with Crippen molar-refractivity contribution < 1.29 is 4.92 Å². The Bertz CT molecular complexity index is 567. The van der Waals surface area contributed by atoms with Crippen molar-refractivity contribution in [3.63, 3.8) is 0 Å². The number of rotatable bonds is 4. The molecule has 8 nitrogen and oxygen atoms in total. The quantitative estimate of drug-likeness (QED) is 0.489. The standard InChI is InChI=1S/C9H9ClN6O2/c10-7-5-15(14-9(7)16(17)18)4-6-1-2-8(13-11)12-3-6/h1-3,5H,4,11H2,(H,12,13). The highest BCUT2D eigenvalue weighted by molar-refractivity contribution is 6.32. The summed E-state index contributed by atoms with van der Waals surface area (Å²) in [6.45, 7) is 0.339. The van der Waals surface area contributed by atoms with Gasteiger partial charge >= 0.3 is 5.82 Å². The van der Waals surface area contributed by atoms with Crippen LogP contribution in [0, 0.1) is 10.1 Å². The van der Waals surface area contributed by atoms with E-state index in [1.165, 1.54) is 10.9 Å². The monoisotopic (exact) mass is 268 g/mol. The van der Waals surface area contributed by atoms with Crippen LogP contribution in [-0.2, 0) is 6.54 Å². The first-order chi connectivity index (χ1) is 8.60. The number of halogens is 1. The summed E-state index contributed by atoms with van der Waals surface area (Å²) in [4.78, 5) is 14.0. The van der Waals surface area contributed by atoms with E-state index < -0.39 is 4.92 Å². The maximum absolute atomic E-state index is 10.6. The summed E-state index contributed by atoms with van der Waals surface area (Å²) in [5.41, 5.74) is 3.22. The summed E-state index contributed by atoms with van der Waals surface area (Å²) in [7, 11) is 0. The highest BCUT2D eigenvalue weighted by Crippen LogP contribution is 2.21. The number of pyridine rings is 1. The first-order valence-corrected chi connectivity index (χ1v) is 5.27. The zero-order chi connectivity index (χ0) is 13.1. The minimum absolute atomic E-state index is 0.00760. The van der Waals surface area contributed by atoms with Crippen molar-refractivity contribution >= 4 is 23.2 Å². The summed E-state index contributed by atoms with van der Waals surface area (Å²) in [5.74, 6) is 5.36. The second-order valence-electron chi connectivity index (χ2n) is 3.45. The van der Waals surface area contributed by atoms with Crippen molar-refractivity contribution in [3.05, 3.63) is 45.2 Å². The number of nitrogen functional groups attached to an aromatic ring is 1. The second-order valence-corrected chi connectivity index (χ2v) is 3.86. The molecule has 2 rings (SSSR count). The molecule has 0 amide bonds. The SMILES string of the molecule is NNc1ccc(Cn2cc(Cl)c([N+](=O)[O-])n2)cn1. The van der Waals surface area contributed by atoms with Crippen LogP contribution >= 0.6 is 11.6 Å². The molecule has 9 heteroatoms. The van der Waals surface area contributed by atoms with E-state index in [0.717, 1.165) is 5.56 Å². The molecule has 0 saturated carbocycles. The van der Waals surface area contributed by atoms with Crippen LogP contribution in [0.1, 0.15) is 5.56 Å². The number of hydrazine groups is 1. The number of anilines is 1. The van der Waals surface area contributed by atoms with E-state index in [1.807, 2.05) is 0 Å². The molecule has 18 heavy (non-hydrogen) atoms. The fourth-order valence-electron chi connectivity index (χ4n) is 1.38. The van der Waals surface area contributed by atoms with Gasteiger partial charge in [0.1, 0.15) is 5.82 Å². The van der Waals surface area contributed by atoms with Crippen molar-refractivity contribution in [2.75, 3.05) is 5.43 Å². The number of nitrogens with two attached hydrogens (primary N) is 1. The number of aromatic nitrogens is 3. The fourth-order valence-corrected chi connectivity index (χ4v) is 1.60. The molecule has 0 aliphatic carbocycles. The molecule has 2 aromatic rings. The number of nitro groups is 1. The van der Waals surface area contributed by atoms with Gasteiger partial charge < -0.3 is 15.5 Å².